The minimum Gasteiger partial charge on any atom is -0.394 e. The molecule has 24 heavy (non-hydrogen) atoms. The monoisotopic (exact) mass is 327 g/mol. The van der Waals surface area contributed by atoms with Crippen LogP contribution in [0.2, 0.25) is 0 Å². The number of fused-ring (bicyclic) bond motifs is 1. The number of aliphatic hydroxyl groups is 1. The Hall–Kier alpha value is -1.12. The largest absolute Gasteiger partial charge is 0.394 e. The van der Waals surface area contributed by atoms with E-state index in [0.717, 1.165) is 31.6 Å². The van der Waals surface area contributed by atoms with Crippen molar-refractivity contribution in [2.24, 2.45) is 11.7 Å². The van der Waals surface area contributed by atoms with Crippen molar-refractivity contribution in [2.45, 2.75) is 76.2 Å². The zero-order chi connectivity index (χ0) is 17.0. The van der Waals surface area contributed by atoms with Crippen molar-refractivity contribution >= 4 is 0 Å². The Morgan fingerprint density at radius 1 is 1.25 bits per heavy atom. The van der Waals surface area contributed by atoms with Crippen LogP contribution in [0, 0.1) is 5.92 Å². The van der Waals surface area contributed by atoms with Crippen LogP contribution in [-0.4, -0.2) is 17.3 Å². The van der Waals surface area contributed by atoms with Gasteiger partial charge in [-0.25, -0.2) is 0 Å². The average molecular weight is 328 g/mol. The minimum atomic E-state index is -0.350. The third-order valence-electron chi connectivity index (χ3n) is 6.13. The van der Waals surface area contributed by atoms with E-state index in [0.29, 0.717) is 5.92 Å². The first-order chi connectivity index (χ1) is 11.6. The molecule has 3 N–H and O–H groups in total. The summed E-state index contributed by atoms with van der Waals surface area (Å²) in [4.78, 5) is 0. The highest BCUT2D eigenvalue weighted by Gasteiger charge is 2.36. The Balaban J connectivity index is 1.61. The van der Waals surface area contributed by atoms with Crippen molar-refractivity contribution in [1.29, 1.82) is 0 Å². The molecule has 3 rings (SSSR count). The fourth-order valence-corrected chi connectivity index (χ4v) is 4.55. The number of rotatable bonds is 6. The van der Waals surface area contributed by atoms with Gasteiger partial charge in [-0.05, 0) is 86.3 Å². The van der Waals surface area contributed by atoms with Crippen molar-refractivity contribution in [3.63, 3.8) is 0 Å². The van der Waals surface area contributed by atoms with Gasteiger partial charge in [0.2, 0.25) is 0 Å². The number of hydrogen-bond acceptors (Lipinski definition) is 2. The quantitative estimate of drug-likeness (QED) is 0.756. The molecule has 2 heteroatoms. The maximum atomic E-state index is 9.49. The van der Waals surface area contributed by atoms with Gasteiger partial charge >= 0.3 is 0 Å². The second kappa shape index (κ2) is 7.84. The number of aryl methyl sites for hydroxylation is 1. The van der Waals surface area contributed by atoms with Crippen molar-refractivity contribution in [3.8, 4) is 0 Å². The van der Waals surface area contributed by atoms with Crippen LogP contribution in [0.4, 0.5) is 0 Å². The smallest absolute Gasteiger partial charge is 0.0611 e. The Morgan fingerprint density at radius 2 is 2.12 bits per heavy atom. The predicted octanol–water partition coefficient (Wildman–Crippen LogP) is 4.50. The predicted molar refractivity (Wildman–Crippen MR) is 101 cm³/mol. The van der Waals surface area contributed by atoms with Crippen LogP contribution in [0.3, 0.4) is 0 Å². The van der Waals surface area contributed by atoms with Gasteiger partial charge in [0.05, 0.1) is 6.61 Å². The number of benzene rings is 1. The zero-order valence-corrected chi connectivity index (χ0v) is 15.1. The summed E-state index contributed by atoms with van der Waals surface area (Å²) >= 11 is 0. The van der Waals surface area contributed by atoms with Crippen molar-refractivity contribution in [1.82, 2.24) is 0 Å². The molecule has 0 aliphatic heterocycles. The Morgan fingerprint density at radius 3 is 2.88 bits per heavy atom. The van der Waals surface area contributed by atoms with Crippen LogP contribution >= 0.6 is 0 Å². The molecule has 0 saturated heterocycles. The molecule has 3 atom stereocenters. The standard InChI is InChI=1S/C22H33NO/c1-2-3-4-5-6-17-7-8-19-14-20(10-9-18(19)13-17)21-11-12-22(23,15-21)16-24/h3-4,9-10,14,17,21,24H,2,5-8,11-13,15-16,23H2,1H3/b4-3-/t17-,21+,22-/m1/s1. The molecular weight excluding hydrogens is 294 g/mol. The normalized spacial score (nSPS) is 30.0. The summed E-state index contributed by atoms with van der Waals surface area (Å²) < 4.78 is 0. The van der Waals surface area contributed by atoms with Crippen molar-refractivity contribution < 1.29 is 5.11 Å². The van der Waals surface area contributed by atoms with Gasteiger partial charge in [0.15, 0.2) is 0 Å². The van der Waals surface area contributed by atoms with Crippen molar-refractivity contribution in [2.75, 3.05) is 6.61 Å². The zero-order valence-electron chi connectivity index (χ0n) is 15.1. The van der Waals surface area contributed by atoms with E-state index in [-0.39, 0.29) is 12.1 Å². The summed E-state index contributed by atoms with van der Waals surface area (Å²) in [5.74, 6) is 1.38. The Kier molecular flexibility index (Phi) is 5.78. The maximum Gasteiger partial charge on any atom is 0.0611 e. The molecule has 1 aromatic carbocycles. The molecule has 2 nitrogen and oxygen atoms in total. The lowest BCUT2D eigenvalue weighted by Crippen LogP contribution is -2.40. The van der Waals surface area contributed by atoms with E-state index in [9.17, 15) is 5.11 Å². The molecule has 2 aliphatic carbocycles. The van der Waals surface area contributed by atoms with Crippen LogP contribution in [0.15, 0.2) is 30.4 Å². The number of allylic oxidation sites excluding steroid dienone is 2. The van der Waals surface area contributed by atoms with Crippen LogP contribution in [0.5, 0.6) is 0 Å². The summed E-state index contributed by atoms with van der Waals surface area (Å²) in [5, 5.41) is 9.49. The molecule has 0 bridgehead atoms. The first-order valence-corrected chi connectivity index (χ1v) is 9.80. The van der Waals surface area contributed by atoms with E-state index in [2.05, 4.69) is 37.3 Å². The molecule has 132 valence electrons. The SMILES string of the molecule is CC/C=C\CC[C@@H]1CCc2cc([C@H]3CC[C@](N)(CO)C3)ccc2C1. The molecule has 1 fully saturated rings. The summed E-state index contributed by atoms with van der Waals surface area (Å²) in [6.07, 6.45) is 15.1. The first kappa shape index (κ1) is 17.7. The lowest BCUT2D eigenvalue weighted by Gasteiger charge is -2.26. The highest BCUT2D eigenvalue weighted by molar-refractivity contribution is 5.36. The van der Waals surface area contributed by atoms with Crippen LogP contribution < -0.4 is 5.73 Å². The van der Waals surface area contributed by atoms with Gasteiger partial charge in [-0.1, -0.05) is 37.3 Å². The summed E-state index contributed by atoms with van der Waals surface area (Å²) in [6, 6.07) is 7.14. The van der Waals surface area contributed by atoms with Crippen LogP contribution in [0.25, 0.3) is 0 Å². The second-order valence-electron chi connectivity index (χ2n) is 8.05. The molecule has 0 unspecified atom stereocenters. The van der Waals surface area contributed by atoms with Gasteiger partial charge < -0.3 is 10.8 Å². The molecule has 0 heterocycles. The van der Waals surface area contributed by atoms with Crippen LogP contribution in [-0.2, 0) is 12.8 Å². The molecule has 0 spiro atoms. The fraction of sp³-hybridized carbons (Fsp3) is 0.636. The molecule has 0 aromatic heterocycles. The third kappa shape index (κ3) is 4.10. The van der Waals surface area contributed by atoms with Gasteiger partial charge in [0.1, 0.15) is 0 Å². The average Bonchev–Trinajstić information content (AvgIpc) is 3.01. The van der Waals surface area contributed by atoms with Gasteiger partial charge in [0.25, 0.3) is 0 Å². The Labute approximate surface area is 147 Å². The highest BCUT2D eigenvalue weighted by atomic mass is 16.3. The summed E-state index contributed by atoms with van der Waals surface area (Å²) in [5.41, 5.74) is 10.5. The molecule has 0 radical (unpaired) electrons. The highest BCUT2D eigenvalue weighted by Crippen LogP contribution is 2.40. The van der Waals surface area contributed by atoms with Gasteiger partial charge in [-0.15, -0.1) is 0 Å². The first-order valence-electron chi connectivity index (χ1n) is 9.80. The van der Waals surface area contributed by atoms with E-state index in [1.165, 1.54) is 37.7 Å². The van der Waals surface area contributed by atoms with E-state index in [1.807, 2.05) is 0 Å². The van der Waals surface area contributed by atoms with E-state index in [4.69, 9.17) is 5.73 Å². The lowest BCUT2D eigenvalue weighted by atomic mass is 9.80. The summed E-state index contributed by atoms with van der Waals surface area (Å²) in [7, 11) is 0. The van der Waals surface area contributed by atoms with E-state index < -0.39 is 0 Å². The molecular formula is C22H33NO. The summed E-state index contributed by atoms with van der Waals surface area (Å²) in [6.45, 7) is 2.31. The lowest BCUT2D eigenvalue weighted by molar-refractivity contribution is 0.198. The molecule has 2 aliphatic rings. The van der Waals surface area contributed by atoms with E-state index in [1.54, 1.807) is 11.1 Å². The number of hydrogen-bond donors (Lipinski definition) is 2. The van der Waals surface area contributed by atoms with Crippen LogP contribution in [0.1, 0.15) is 74.5 Å². The molecule has 0 amide bonds. The maximum absolute atomic E-state index is 9.49. The fourth-order valence-electron chi connectivity index (χ4n) is 4.55. The number of aliphatic hydroxyl groups excluding tert-OH is 1. The third-order valence-corrected chi connectivity index (χ3v) is 6.13. The topological polar surface area (TPSA) is 46.2 Å². The van der Waals surface area contributed by atoms with Crippen molar-refractivity contribution in [3.05, 3.63) is 47.0 Å². The second-order valence-corrected chi connectivity index (χ2v) is 8.05. The van der Waals surface area contributed by atoms with Gasteiger partial charge in [-0.2, -0.15) is 0 Å². The van der Waals surface area contributed by atoms with Gasteiger partial charge in [0, 0.05) is 5.54 Å². The Bertz CT molecular complexity index is 579. The number of nitrogens with two attached hydrogens (primary N) is 1. The van der Waals surface area contributed by atoms with E-state index >= 15 is 0 Å². The molecule has 1 aromatic rings. The molecule has 1 saturated carbocycles. The van der Waals surface area contributed by atoms with Gasteiger partial charge in [-0.3, -0.25) is 0 Å². The minimum absolute atomic E-state index is 0.114.